The van der Waals surface area contributed by atoms with Crippen molar-refractivity contribution in [2.24, 2.45) is 0 Å². The molecule has 7 heteroatoms. The van der Waals surface area contributed by atoms with Crippen LogP contribution in [0, 0.1) is 0 Å². The van der Waals surface area contributed by atoms with Gasteiger partial charge in [-0.1, -0.05) is 39.5 Å². The Morgan fingerprint density at radius 3 is 2.54 bits per heavy atom. The van der Waals surface area contributed by atoms with Crippen LogP contribution in [0.5, 0.6) is 0 Å². The summed E-state index contributed by atoms with van der Waals surface area (Å²) in [5, 5.41) is 1.94. The summed E-state index contributed by atoms with van der Waals surface area (Å²) in [6.45, 7) is 9.98. The molecule has 0 unspecified atom stereocenters. The van der Waals surface area contributed by atoms with Crippen LogP contribution in [0.3, 0.4) is 0 Å². The van der Waals surface area contributed by atoms with Gasteiger partial charge in [-0.15, -0.1) is 11.3 Å². The van der Waals surface area contributed by atoms with E-state index in [-0.39, 0.29) is 18.6 Å². The van der Waals surface area contributed by atoms with Crippen molar-refractivity contribution in [3.63, 3.8) is 0 Å². The van der Waals surface area contributed by atoms with E-state index in [0.717, 1.165) is 23.0 Å². The Morgan fingerprint density at radius 2 is 2.04 bits per heavy atom. The molecule has 2 rings (SSSR count). The van der Waals surface area contributed by atoms with E-state index in [2.05, 4.69) is 27.4 Å². The lowest BCUT2D eigenvalue weighted by Crippen LogP contribution is -2.64. The van der Waals surface area contributed by atoms with Gasteiger partial charge in [0.15, 0.2) is 14.4 Å². The fraction of sp³-hybridized carbons (Fsp3) is 0.529. The molecule has 0 radical (unpaired) electrons. The molecule has 2 heterocycles. The Hall–Kier alpha value is -1.44. The highest BCUT2D eigenvalue weighted by atomic mass is 32.1. The molecule has 0 saturated carbocycles. The third-order valence-electron chi connectivity index (χ3n) is 4.71. The highest BCUT2D eigenvalue weighted by molar-refractivity contribution is 7.10. The van der Waals surface area contributed by atoms with Crippen LogP contribution in [0.15, 0.2) is 30.2 Å². The number of thiophene rings is 1. The predicted octanol–water partition coefficient (Wildman–Crippen LogP) is 4.34. The van der Waals surface area contributed by atoms with Gasteiger partial charge in [0.1, 0.15) is 12.6 Å². The molecule has 1 aliphatic rings. The van der Waals surface area contributed by atoms with Gasteiger partial charge in [0, 0.05) is 4.88 Å². The van der Waals surface area contributed by atoms with E-state index in [9.17, 15) is 9.59 Å². The first-order valence-corrected chi connectivity index (χ1v) is 11.8. The number of hydrogen-bond donors (Lipinski definition) is 0. The zero-order valence-corrected chi connectivity index (χ0v) is 16.3. The van der Waals surface area contributed by atoms with Crippen LogP contribution in [0.2, 0.25) is 18.1 Å². The zero-order valence-electron chi connectivity index (χ0n) is 14.5. The summed E-state index contributed by atoms with van der Waals surface area (Å²) in [5.74, 6) is -0.297. The van der Waals surface area contributed by atoms with Crippen LogP contribution in [-0.2, 0) is 14.0 Å². The fourth-order valence-electron chi connectivity index (χ4n) is 2.99. The number of carbonyl (C=O) groups excluding carboxylic acids is 2. The third-order valence-corrected chi connectivity index (χ3v) is 10.3. The molecule has 24 heavy (non-hydrogen) atoms. The first-order valence-electron chi connectivity index (χ1n) is 8.35. The second kappa shape index (κ2) is 8.09. The largest absolute Gasteiger partial charge is 0.445 e. The van der Waals surface area contributed by atoms with E-state index in [1.165, 1.54) is 22.3 Å². The van der Waals surface area contributed by atoms with Gasteiger partial charge >= 0.3 is 6.09 Å². The van der Waals surface area contributed by atoms with Crippen molar-refractivity contribution < 1.29 is 18.8 Å². The lowest BCUT2D eigenvalue weighted by Gasteiger charge is -2.47. The maximum absolute atomic E-state index is 12.6. The summed E-state index contributed by atoms with van der Waals surface area (Å²) >= 11 is 1.52. The first kappa shape index (κ1) is 18.9. The van der Waals surface area contributed by atoms with E-state index in [4.69, 9.17) is 9.16 Å². The molecule has 1 fully saturated rings. The van der Waals surface area contributed by atoms with E-state index in [1.807, 2.05) is 17.5 Å². The van der Waals surface area contributed by atoms with Gasteiger partial charge in [-0.25, -0.2) is 9.69 Å². The van der Waals surface area contributed by atoms with Crippen molar-refractivity contribution in [2.75, 3.05) is 6.61 Å². The molecule has 0 aliphatic carbocycles. The SMILES string of the molecule is C=CCOC(=O)N1C(=O)[C@@H](O[Si](CC)(CC)CC)[C@H]1c1cccs1. The highest BCUT2D eigenvalue weighted by Crippen LogP contribution is 2.42. The minimum Gasteiger partial charge on any atom is -0.445 e. The minimum absolute atomic E-state index is 0.0862. The van der Waals surface area contributed by atoms with Crippen molar-refractivity contribution in [3.05, 3.63) is 35.0 Å². The number of amides is 2. The van der Waals surface area contributed by atoms with Gasteiger partial charge in [-0.2, -0.15) is 0 Å². The molecule has 0 N–H and O–H groups in total. The van der Waals surface area contributed by atoms with Crippen LogP contribution >= 0.6 is 11.3 Å². The molecule has 0 aromatic carbocycles. The summed E-state index contributed by atoms with van der Waals surface area (Å²) in [6.07, 6.45) is 0.279. The van der Waals surface area contributed by atoms with Crippen molar-refractivity contribution in [3.8, 4) is 0 Å². The smallest absolute Gasteiger partial charge is 0.417 e. The lowest BCUT2D eigenvalue weighted by atomic mass is 9.97. The number of β-lactam (4-membered cyclic amide) rings is 1. The molecule has 2 atom stereocenters. The molecule has 1 saturated heterocycles. The summed E-state index contributed by atoms with van der Waals surface area (Å²) in [6, 6.07) is 6.34. The van der Waals surface area contributed by atoms with E-state index < -0.39 is 20.5 Å². The molecule has 1 aromatic rings. The second-order valence-electron chi connectivity index (χ2n) is 5.82. The van der Waals surface area contributed by atoms with Crippen LogP contribution in [-0.4, -0.2) is 37.9 Å². The molecule has 2 amide bonds. The normalized spacial score (nSPS) is 20.6. The molecule has 132 valence electrons. The Balaban J connectivity index is 2.23. The maximum Gasteiger partial charge on any atom is 0.417 e. The van der Waals surface area contributed by atoms with Crippen LogP contribution < -0.4 is 0 Å². The standard InChI is InChI=1S/C17H25NO4SSi/c1-5-11-21-17(20)18-14(13-10-9-12-23-13)15(16(18)19)22-24(6-2,7-3)8-4/h5,9-10,12,14-15H,1,6-8,11H2,2-4H3/t14-,15+/m1/s1. The van der Waals surface area contributed by atoms with E-state index in [1.54, 1.807) is 0 Å². The van der Waals surface area contributed by atoms with Crippen molar-refractivity contribution >= 4 is 31.7 Å². The van der Waals surface area contributed by atoms with Crippen LogP contribution in [0.1, 0.15) is 31.7 Å². The molecule has 0 bridgehead atoms. The first-order chi connectivity index (χ1) is 11.5. The number of imide groups is 1. The summed E-state index contributed by atoms with van der Waals surface area (Å²) in [5.41, 5.74) is 0. The van der Waals surface area contributed by atoms with Gasteiger partial charge in [-0.05, 0) is 29.6 Å². The maximum atomic E-state index is 12.6. The quantitative estimate of drug-likeness (QED) is 0.389. The van der Waals surface area contributed by atoms with Crippen molar-refractivity contribution in [2.45, 2.75) is 51.0 Å². The Morgan fingerprint density at radius 1 is 1.38 bits per heavy atom. The average molecular weight is 368 g/mol. The number of likely N-dealkylation sites (tertiary alicyclic amines) is 1. The molecule has 1 aliphatic heterocycles. The average Bonchev–Trinajstić information content (AvgIpc) is 3.12. The number of rotatable bonds is 8. The second-order valence-corrected chi connectivity index (χ2v) is 11.5. The van der Waals surface area contributed by atoms with Crippen molar-refractivity contribution in [1.82, 2.24) is 4.90 Å². The third kappa shape index (κ3) is 3.48. The molecule has 5 nitrogen and oxygen atoms in total. The summed E-state index contributed by atoms with van der Waals surface area (Å²) < 4.78 is 11.4. The zero-order chi connectivity index (χ0) is 17.7. The Labute approximate surface area is 148 Å². The Bertz CT molecular complexity index is 577. The van der Waals surface area contributed by atoms with Gasteiger partial charge in [0.25, 0.3) is 5.91 Å². The van der Waals surface area contributed by atoms with Gasteiger partial charge in [0.05, 0.1) is 0 Å². The lowest BCUT2D eigenvalue weighted by molar-refractivity contribution is -0.160. The summed E-state index contributed by atoms with van der Waals surface area (Å²) in [4.78, 5) is 26.9. The van der Waals surface area contributed by atoms with Crippen LogP contribution in [0.4, 0.5) is 4.79 Å². The number of carbonyl (C=O) groups is 2. The van der Waals surface area contributed by atoms with E-state index in [0.29, 0.717) is 0 Å². The van der Waals surface area contributed by atoms with Gasteiger partial charge < -0.3 is 9.16 Å². The number of hydrogen-bond acceptors (Lipinski definition) is 5. The molecule has 0 spiro atoms. The number of ether oxygens (including phenoxy) is 1. The number of nitrogens with zero attached hydrogens (tertiary/aromatic N) is 1. The van der Waals surface area contributed by atoms with Crippen molar-refractivity contribution in [1.29, 1.82) is 0 Å². The highest BCUT2D eigenvalue weighted by Gasteiger charge is 2.55. The summed E-state index contributed by atoms with van der Waals surface area (Å²) in [7, 11) is -1.95. The Kier molecular flexibility index (Phi) is 6.37. The minimum atomic E-state index is -1.95. The molecular formula is C17H25NO4SSi. The molecular weight excluding hydrogens is 342 g/mol. The molecule has 1 aromatic heterocycles. The van der Waals surface area contributed by atoms with Crippen LogP contribution in [0.25, 0.3) is 0 Å². The van der Waals surface area contributed by atoms with E-state index >= 15 is 0 Å². The fourth-order valence-corrected chi connectivity index (χ4v) is 6.59. The van der Waals surface area contributed by atoms with Gasteiger partial charge in [-0.3, -0.25) is 4.79 Å². The van der Waals surface area contributed by atoms with Gasteiger partial charge in [0.2, 0.25) is 0 Å². The monoisotopic (exact) mass is 367 g/mol. The predicted molar refractivity (Wildman–Crippen MR) is 97.5 cm³/mol. The topological polar surface area (TPSA) is 55.8 Å².